The fourth-order valence-corrected chi connectivity index (χ4v) is 6.10. The van der Waals surface area contributed by atoms with E-state index in [1.165, 1.54) is 10.6 Å². The SMILES string of the molecule is O=C(CCCCCCc1ccc2c(c1)C(=O)N(N1C(=O)CCCC1=O)C2)N1CCC(c2ccc(Cl)cc2)CC1. The van der Waals surface area contributed by atoms with Crippen LogP contribution in [-0.4, -0.2) is 51.6 Å². The molecule has 2 saturated heterocycles. The average Bonchev–Trinajstić information content (AvgIpc) is 3.26. The molecule has 2 aromatic rings. The molecule has 0 atom stereocenters. The van der Waals surface area contributed by atoms with Crippen molar-refractivity contribution in [3.8, 4) is 0 Å². The highest BCUT2D eigenvalue weighted by Gasteiger charge is 2.39. The third kappa shape index (κ3) is 6.35. The van der Waals surface area contributed by atoms with Crippen LogP contribution in [-0.2, 0) is 27.3 Å². The molecular formula is C31H36ClN3O4. The maximum absolute atomic E-state index is 13.0. The van der Waals surface area contributed by atoms with Crippen LogP contribution < -0.4 is 0 Å². The lowest BCUT2D eigenvalue weighted by Crippen LogP contribution is -2.51. The zero-order valence-electron chi connectivity index (χ0n) is 22.4. The van der Waals surface area contributed by atoms with E-state index >= 15 is 0 Å². The Morgan fingerprint density at radius 1 is 0.872 bits per heavy atom. The third-order valence-electron chi connectivity index (χ3n) is 8.25. The number of carbonyl (C=O) groups excluding carboxylic acids is 4. The molecule has 0 spiro atoms. The number of piperidine rings is 2. The van der Waals surface area contributed by atoms with E-state index in [2.05, 4.69) is 12.1 Å². The number of benzene rings is 2. The molecule has 206 valence electrons. The lowest BCUT2D eigenvalue weighted by atomic mass is 9.89. The Morgan fingerprint density at radius 2 is 1.56 bits per heavy atom. The van der Waals surface area contributed by atoms with Crippen molar-refractivity contribution in [2.24, 2.45) is 0 Å². The number of unbranched alkanes of at least 4 members (excludes halogenated alkanes) is 3. The normalized spacial score (nSPS) is 18.2. The minimum atomic E-state index is -0.298. The first-order chi connectivity index (χ1) is 18.9. The topological polar surface area (TPSA) is 78.0 Å². The number of amides is 4. The van der Waals surface area contributed by atoms with Crippen LogP contribution in [0.4, 0.5) is 0 Å². The van der Waals surface area contributed by atoms with Crippen LogP contribution in [0.25, 0.3) is 0 Å². The zero-order valence-corrected chi connectivity index (χ0v) is 23.1. The number of hydrogen-bond acceptors (Lipinski definition) is 4. The van der Waals surface area contributed by atoms with Gasteiger partial charge in [0, 0.05) is 42.9 Å². The number of fused-ring (bicyclic) bond motifs is 1. The summed E-state index contributed by atoms with van der Waals surface area (Å²) in [7, 11) is 0. The number of imide groups is 1. The summed E-state index contributed by atoms with van der Waals surface area (Å²) in [5.74, 6) is -0.108. The fourth-order valence-electron chi connectivity index (χ4n) is 5.97. The fraction of sp³-hybridized carbons (Fsp3) is 0.484. The highest BCUT2D eigenvalue weighted by atomic mass is 35.5. The second kappa shape index (κ2) is 12.3. The smallest absolute Gasteiger partial charge is 0.273 e. The molecule has 7 nitrogen and oxygen atoms in total. The van der Waals surface area contributed by atoms with E-state index in [9.17, 15) is 19.2 Å². The number of hydrogen-bond donors (Lipinski definition) is 0. The molecule has 3 aliphatic heterocycles. The van der Waals surface area contributed by atoms with Gasteiger partial charge in [-0.1, -0.05) is 48.7 Å². The Kier molecular flexibility index (Phi) is 8.66. The van der Waals surface area contributed by atoms with Crippen molar-refractivity contribution < 1.29 is 19.2 Å². The van der Waals surface area contributed by atoms with E-state index in [0.717, 1.165) is 79.2 Å². The van der Waals surface area contributed by atoms with Crippen molar-refractivity contribution in [3.05, 3.63) is 69.7 Å². The number of halogens is 1. The molecule has 0 aromatic heterocycles. The van der Waals surface area contributed by atoms with Gasteiger partial charge in [-0.15, -0.1) is 0 Å². The van der Waals surface area contributed by atoms with Crippen LogP contribution in [0.2, 0.25) is 5.02 Å². The standard InChI is InChI=1S/C31H36ClN3O4/c32-26-14-12-23(13-15-26)24-16-18-33(19-17-24)28(36)7-4-2-1-3-6-22-10-11-25-21-34(31(39)27(25)20-22)35-29(37)8-5-9-30(35)38/h10-15,20,24H,1-9,16-19,21H2. The summed E-state index contributed by atoms with van der Waals surface area (Å²) in [6.45, 7) is 1.90. The highest BCUT2D eigenvalue weighted by molar-refractivity contribution is 6.30. The van der Waals surface area contributed by atoms with Crippen molar-refractivity contribution in [2.45, 2.75) is 83.1 Å². The van der Waals surface area contributed by atoms with Gasteiger partial charge in [-0.25, -0.2) is 5.01 Å². The van der Waals surface area contributed by atoms with E-state index in [1.807, 2.05) is 35.2 Å². The molecule has 2 aromatic carbocycles. The van der Waals surface area contributed by atoms with Crippen LogP contribution in [0, 0.1) is 0 Å². The Morgan fingerprint density at radius 3 is 2.28 bits per heavy atom. The van der Waals surface area contributed by atoms with E-state index < -0.39 is 0 Å². The van der Waals surface area contributed by atoms with Gasteiger partial charge in [0.1, 0.15) is 0 Å². The monoisotopic (exact) mass is 549 g/mol. The van der Waals surface area contributed by atoms with E-state index in [1.54, 1.807) is 0 Å². The predicted octanol–water partition coefficient (Wildman–Crippen LogP) is 5.65. The van der Waals surface area contributed by atoms with E-state index in [-0.39, 0.29) is 30.2 Å². The molecule has 0 N–H and O–H groups in total. The summed E-state index contributed by atoms with van der Waals surface area (Å²) < 4.78 is 0. The van der Waals surface area contributed by atoms with Crippen molar-refractivity contribution in [1.82, 2.24) is 14.9 Å². The number of hydrazine groups is 1. The van der Waals surface area contributed by atoms with Crippen LogP contribution in [0.5, 0.6) is 0 Å². The first kappa shape index (κ1) is 27.4. The summed E-state index contributed by atoms with van der Waals surface area (Å²) >= 11 is 6.00. The van der Waals surface area contributed by atoms with Gasteiger partial charge < -0.3 is 4.90 Å². The second-order valence-corrected chi connectivity index (χ2v) is 11.4. The lowest BCUT2D eigenvalue weighted by Gasteiger charge is -2.32. The lowest BCUT2D eigenvalue weighted by molar-refractivity contribution is -0.163. The zero-order chi connectivity index (χ0) is 27.4. The van der Waals surface area contributed by atoms with Crippen molar-refractivity contribution in [1.29, 1.82) is 0 Å². The first-order valence-electron chi connectivity index (χ1n) is 14.2. The number of likely N-dealkylation sites (tertiary alicyclic amines) is 1. The van der Waals surface area contributed by atoms with E-state index in [0.29, 0.717) is 37.2 Å². The van der Waals surface area contributed by atoms with Crippen molar-refractivity contribution in [2.75, 3.05) is 13.1 Å². The third-order valence-corrected chi connectivity index (χ3v) is 8.50. The molecule has 0 bridgehead atoms. The largest absolute Gasteiger partial charge is 0.343 e. The van der Waals surface area contributed by atoms with Crippen molar-refractivity contribution >= 4 is 35.2 Å². The molecule has 3 heterocycles. The van der Waals surface area contributed by atoms with Crippen LogP contribution >= 0.6 is 11.6 Å². The predicted molar refractivity (Wildman–Crippen MR) is 149 cm³/mol. The summed E-state index contributed by atoms with van der Waals surface area (Å²) in [6, 6.07) is 14.0. The average molecular weight is 550 g/mol. The van der Waals surface area contributed by atoms with Gasteiger partial charge in [0.2, 0.25) is 17.7 Å². The number of carbonyl (C=O) groups is 4. The summed E-state index contributed by atoms with van der Waals surface area (Å²) in [5, 5.41) is 3.11. The van der Waals surface area contributed by atoms with Crippen LogP contribution in [0.1, 0.15) is 97.2 Å². The number of nitrogens with zero attached hydrogens (tertiary/aromatic N) is 3. The molecule has 0 aliphatic carbocycles. The molecule has 5 rings (SSSR count). The minimum absolute atomic E-state index is 0.261. The molecule has 8 heteroatoms. The Bertz CT molecular complexity index is 1220. The molecular weight excluding hydrogens is 514 g/mol. The molecule has 39 heavy (non-hydrogen) atoms. The molecule has 0 saturated carbocycles. The van der Waals surface area contributed by atoms with Crippen LogP contribution in [0.15, 0.2) is 42.5 Å². The summed E-state index contributed by atoms with van der Waals surface area (Å²) in [4.78, 5) is 52.2. The van der Waals surface area contributed by atoms with Crippen LogP contribution in [0.3, 0.4) is 0 Å². The maximum Gasteiger partial charge on any atom is 0.273 e. The molecule has 2 fully saturated rings. The molecule has 0 unspecified atom stereocenters. The quantitative estimate of drug-likeness (QED) is 0.299. The van der Waals surface area contributed by atoms with Gasteiger partial charge >= 0.3 is 0 Å². The summed E-state index contributed by atoms with van der Waals surface area (Å²) in [5.41, 5.74) is 3.83. The Balaban J connectivity index is 1.01. The minimum Gasteiger partial charge on any atom is -0.343 e. The highest BCUT2D eigenvalue weighted by Crippen LogP contribution is 2.30. The Hall–Kier alpha value is -3.19. The van der Waals surface area contributed by atoms with E-state index in [4.69, 9.17) is 11.6 Å². The number of aryl methyl sites for hydroxylation is 1. The maximum atomic E-state index is 13.0. The van der Waals surface area contributed by atoms with Crippen molar-refractivity contribution in [3.63, 3.8) is 0 Å². The van der Waals surface area contributed by atoms with Gasteiger partial charge in [0.25, 0.3) is 5.91 Å². The molecule has 4 amide bonds. The molecule has 0 radical (unpaired) electrons. The first-order valence-corrected chi connectivity index (χ1v) is 14.6. The van der Waals surface area contributed by atoms with Gasteiger partial charge in [-0.2, -0.15) is 5.01 Å². The Labute approximate surface area is 235 Å². The molecule has 3 aliphatic rings. The van der Waals surface area contributed by atoms with Gasteiger partial charge in [-0.3, -0.25) is 19.2 Å². The number of rotatable bonds is 9. The van der Waals surface area contributed by atoms with Gasteiger partial charge in [0.05, 0.1) is 6.54 Å². The summed E-state index contributed by atoms with van der Waals surface area (Å²) in [6.07, 6.45) is 8.51. The van der Waals surface area contributed by atoms with Gasteiger partial charge in [0.15, 0.2) is 0 Å². The second-order valence-electron chi connectivity index (χ2n) is 10.9. The van der Waals surface area contributed by atoms with Gasteiger partial charge in [-0.05, 0) is 79.3 Å².